The van der Waals surface area contributed by atoms with Crippen molar-refractivity contribution < 1.29 is 4.79 Å². The monoisotopic (exact) mass is 405 g/mol. The second-order valence-corrected chi connectivity index (χ2v) is 8.28. The highest BCUT2D eigenvalue weighted by atomic mass is 32.1. The smallest absolute Gasteiger partial charge is 0.250 e. The van der Waals surface area contributed by atoms with Gasteiger partial charge >= 0.3 is 0 Å². The van der Waals surface area contributed by atoms with Crippen LogP contribution in [0.1, 0.15) is 28.1 Å². The van der Waals surface area contributed by atoms with Gasteiger partial charge in [0.05, 0.1) is 22.5 Å². The molecule has 29 heavy (non-hydrogen) atoms. The quantitative estimate of drug-likeness (QED) is 0.495. The molecule has 0 radical (unpaired) electrons. The van der Waals surface area contributed by atoms with E-state index in [1.165, 1.54) is 5.56 Å². The van der Waals surface area contributed by atoms with E-state index in [4.69, 9.17) is 4.98 Å². The van der Waals surface area contributed by atoms with Crippen LogP contribution in [-0.4, -0.2) is 25.7 Å². The lowest BCUT2D eigenvalue weighted by Gasteiger charge is -2.20. The first kappa shape index (κ1) is 19.3. The molecule has 7 heteroatoms. The molecule has 3 heterocycles. The van der Waals surface area contributed by atoms with Gasteiger partial charge in [-0.3, -0.25) is 19.4 Å². The molecule has 148 valence electrons. The van der Waals surface area contributed by atoms with Crippen LogP contribution in [0.4, 0.5) is 5.13 Å². The number of rotatable bonds is 5. The Hall–Kier alpha value is -3.06. The molecule has 1 amide bonds. The molecule has 0 unspecified atom stereocenters. The summed E-state index contributed by atoms with van der Waals surface area (Å²) >= 11 is 1.56. The van der Waals surface area contributed by atoms with Crippen LogP contribution in [0.15, 0.2) is 42.7 Å². The number of thiazole rings is 1. The van der Waals surface area contributed by atoms with Crippen molar-refractivity contribution in [2.24, 2.45) is 0 Å². The molecule has 0 saturated heterocycles. The van der Waals surface area contributed by atoms with Crippen molar-refractivity contribution in [1.29, 1.82) is 0 Å². The fourth-order valence-electron chi connectivity index (χ4n) is 3.35. The molecule has 0 aliphatic carbocycles. The van der Waals surface area contributed by atoms with Crippen LogP contribution >= 0.6 is 11.3 Å². The van der Waals surface area contributed by atoms with Gasteiger partial charge < -0.3 is 0 Å². The number of carbonyl (C=O) groups is 1. The Morgan fingerprint density at radius 2 is 1.93 bits per heavy atom. The largest absolute Gasteiger partial charge is 0.282 e. The molecule has 0 atom stereocenters. The second-order valence-electron chi connectivity index (χ2n) is 7.30. The Morgan fingerprint density at radius 1 is 1.14 bits per heavy atom. The van der Waals surface area contributed by atoms with Crippen molar-refractivity contribution in [2.75, 3.05) is 4.90 Å². The summed E-state index contributed by atoms with van der Waals surface area (Å²) in [5.41, 5.74) is 6.07. The van der Waals surface area contributed by atoms with E-state index < -0.39 is 0 Å². The Bertz CT molecular complexity index is 1140. The third-order valence-electron chi connectivity index (χ3n) is 4.91. The Kier molecular flexibility index (Phi) is 5.15. The molecule has 0 saturated carbocycles. The van der Waals surface area contributed by atoms with Crippen molar-refractivity contribution in [3.8, 4) is 0 Å². The van der Waals surface area contributed by atoms with Crippen molar-refractivity contribution in [3.05, 3.63) is 70.8 Å². The van der Waals surface area contributed by atoms with Crippen LogP contribution in [-0.2, 0) is 17.9 Å². The minimum atomic E-state index is -0.0468. The van der Waals surface area contributed by atoms with Gasteiger partial charge in [0, 0.05) is 18.1 Å². The predicted octanol–water partition coefficient (Wildman–Crippen LogP) is 4.35. The molecule has 0 bridgehead atoms. The summed E-state index contributed by atoms with van der Waals surface area (Å²) in [5.74, 6) is -0.0468. The number of benzene rings is 1. The number of fused-ring (bicyclic) bond motifs is 1. The first-order valence-corrected chi connectivity index (χ1v) is 10.3. The van der Waals surface area contributed by atoms with Crippen molar-refractivity contribution in [1.82, 2.24) is 19.7 Å². The third-order valence-corrected chi connectivity index (χ3v) is 6.13. The van der Waals surface area contributed by atoms with Crippen LogP contribution in [0.2, 0.25) is 0 Å². The van der Waals surface area contributed by atoms with Crippen molar-refractivity contribution >= 4 is 32.6 Å². The van der Waals surface area contributed by atoms with E-state index in [1.54, 1.807) is 33.3 Å². The fraction of sp³-hybridized carbons (Fsp3) is 0.273. The Labute approximate surface area is 173 Å². The summed E-state index contributed by atoms with van der Waals surface area (Å²) in [6, 6.07) is 10.0. The van der Waals surface area contributed by atoms with E-state index in [9.17, 15) is 4.79 Å². The zero-order valence-corrected chi connectivity index (χ0v) is 17.8. The lowest BCUT2D eigenvalue weighted by atomic mass is 10.1. The Morgan fingerprint density at radius 3 is 2.59 bits per heavy atom. The lowest BCUT2D eigenvalue weighted by Crippen LogP contribution is -2.34. The highest BCUT2D eigenvalue weighted by molar-refractivity contribution is 7.22. The standard InChI is InChI=1S/C22H23N5OS/c1-14-7-8-15(2)21-20(14)24-22(29-21)26(12-18-6-5-9-23-11-18)19(28)13-27-17(4)10-16(3)25-27/h5-11H,12-13H2,1-4H3. The fourth-order valence-corrected chi connectivity index (χ4v) is 4.48. The number of carbonyl (C=O) groups excluding carboxylic acids is 1. The van der Waals surface area contributed by atoms with Gasteiger partial charge in [-0.05, 0) is 56.5 Å². The lowest BCUT2D eigenvalue weighted by molar-refractivity contribution is -0.119. The summed E-state index contributed by atoms with van der Waals surface area (Å²) in [4.78, 5) is 24.1. The number of hydrogen-bond acceptors (Lipinski definition) is 5. The number of aromatic nitrogens is 4. The van der Waals surface area contributed by atoms with E-state index in [0.29, 0.717) is 11.7 Å². The minimum absolute atomic E-state index is 0.0468. The van der Waals surface area contributed by atoms with Crippen LogP contribution in [0, 0.1) is 27.7 Å². The second kappa shape index (κ2) is 7.75. The number of aryl methyl sites for hydroxylation is 4. The van der Waals surface area contributed by atoms with Gasteiger partial charge in [0.15, 0.2) is 5.13 Å². The molecular formula is C22H23N5OS. The predicted molar refractivity (Wildman–Crippen MR) is 116 cm³/mol. The van der Waals surface area contributed by atoms with E-state index in [-0.39, 0.29) is 12.5 Å². The average molecular weight is 406 g/mol. The number of hydrogen-bond donors (Lipinski definition) is 0. The normalized spacial score (nSPS) is 11.2. The van der Waals surface area contributed by atoms with E-state index in [2.05, 4.69) is 36.1 Å². The molecule has 3 aromatic heterocycles. The van der Waals surface area contributed by atoms with Crippen LogP contribution in [0.3, 0.4) is 0 Å². The van der Waals surface area contributed by atoms with Crippen molar-refractivity contribution in [3.63, 3.8) is 0 Å². The first-order chi connectivity index (χ1) is 13.9. The van der Waals surface area contributed by atoms with E-state index >= 15 is 0 Å². The third kappa shape index (κ3) is 3.91. The molecule has 4 rings (SSSR count). The summed E-state index contributed by atoms with van der Waals surface area (Å²) in [6.45, 7) is 8.61. The summed E-state index contributed by atoms with van der Waals surface area (Å²) in [6.07, 6.45) is 3.52. The molecule has 0 N–H and O–H groups in total. The summed E-state index contributed by atoms with van der Waals surface area (Å²) in [5, 5.41) is 5.15. The first-order valence-electron chi connectivity index (χ1n) is 9.49. The maximum Gasteiger partial charge on any atom is 0.250 e. The summed E-state index contributed by atoms with van der Waals surface area (Å²) < 4.78 is 2.87. The highest BCUT2D eigenvalue weighted by Crippen LogP contribution is 2.34. The molecule has 0 fully saturated rings. The average Bonchev–Trinajstić information content (AvgIpc) is 3.28. The molecule has 1 aromatic carbocycles. The van der Waals surface area contributed by atoms with Gasteiger partial charge in [-0.15, -0.1) is 0 Å². The number of amides is 1. The topological polar surface area (TPSA) is 63.9 Å². The van der Waals surface area contributed by atoms with Gasteiger partial charge in [0.1, 0.15) is 6.54 Å². The van der Waals surface area contributed by atoms with Crippen LogP contribution in [0.25, 0.3) is 10.2 Å². The zero-order valence-electron chi connectivity index (χ0n) is 17.0. The van der Waals surface area contributed by atoms with Crippen LogP contribution < -0.4 is 4.90 Å². The van der Waals surface area contributed by atoms with Gasteiger partial charge in [-0.2, -0.15) is 5.10 Å². The maximum atomic E-state index is 13.3. The SMILES string of the molecule is Cc1cc(C)n(CC(=O)N(Cc2cccnc2)c2nc3c(C)ccc(C)c3s2)n1. The zero-order chi connectivity index (χ0) is 20.5. The van der Waals surface area contributed by atoms with Crippen LogP contribution in [0.5, 0.6) is 0 Å². The van der Waals surface area contributed by atoms with Gasteiger partial charge in [0.25, 0.3) is 5.91 Å². The Balaban J connectivity index is 1.74. The highest BCUT2D eigenvalue weighted by Gasteiger charge is 2.22. The molecular weight excluding hydrogens is 382 g/mol. The van der Waals surface area contributed by atoms with E-state index in [1.807, 2.05) is 32.0 Å². The molecule has 0 spiro atoms. The minimum Gasteiger partial charge on any atom is -0.282 e. The molecule has 4 aromatic rings. The number of pyridine rings is 1. The summed E-state index contributed by atoms with van der Waals surface area (Å²) in [7, 11) is 0. The van der Waals surface area contributed by atoms with Gasteiger partial charge in [0.2, 0.25) is 0 Å². The van der Waals surface area contributed by atoms with Gasteiger partial charge in [-0.1, -0.05) is 29.5 Å². The van der Waals surface area contributed by atoms with Gasteiger partial charge in [-0.25, -0.2) is 4.98 Å². The molecule has 6 nitrogen and oxygen atoms in total. The van der Waals surface area contributed by atoms with Crippen molar-refractivity contribution in [2.45, 2.75) is 40.8 Å². The van der Waals surface area contributed by atoms with E-state index in [0.717, 1.165) is 32.7 Å². The number of nitrogens with zero attached hydrogens (tertiary/aromatic N) is 5. The number of anilines is 1. The molecule has 0 aliphatic rings. The maximum absolute atomic E-state index is 13.3. The molecule has 0 aliphatic heterocycles.